The highest BCUT2D eigenvalue weighted by molar-refractivity contribution is 9.10. The Morgan fingerprint density at radius 2 is 1.94 bits per heavy atom. The van der Waals surface area contributed by atoms with Crippen LogP contribution in [0.2, 0.25) is 0 Å². The van der Waals surface area contributed by atoms with Crippen LogP contribution >= 0.6 is 15.9 Å². The average Bonchev–Trinajstić information content (AvgIpc) is 2.32. The van der Waals surface area contributed by atoms with Gasteiger partial charge in [-0.3, -0.25) is 9.59 Å². The first kappa shape index (κ1) is 13.7. The predicted octanol–water partition coefficient (Wildman–Crippen LogP) is 0.886. The molecule has 0 aliphatic rings. The van der Waals surface area contributed by atoms with E-state index in [-0.39, 0.29) is 13.2 Å². The molecule has 0 fully saturated rings. The van der Waals surface area contributed by atoms with Crippen molar-refractivity contribution in [2.75, 3.05) is 18.5 Å². The molecule has 5 nitrogen and oxygen atoms in total. The third-order valence-corrected chi connectivity index (χ3v) is 2.64. The summed E-state index contributed by atoms with van der Waals surface area (Å²) in [5.41, 5.74) is 0.537. The molecule has 6 heteroatoms. The summed E-state index contributed by atoms with van der Waals surface area (Å²) < 4.78 is 0.705. The number of hydrogen-bond donors (Lipinski definition) is 3. The second kappa shape index (κ2) is 7.03. The molecule has 0 unspecified atom stereocenters. The number of carbonyl (C=O) groups is 2. The zero-order chi connectivity index (χ0) is 12.7. The summed E-state index contributed by atoms with van der Waals surface area (Å²) in [6.07, 6.45) is 0.425. The number of aliphatic hydroxyl groups is 1. The van der Waals surface area contributed by atoms with Gasteiger partial charge in [0.1, 0.15) is 0 Å². The van der Waals surface area contributed by atoms with Crippen molar-refractivity contribution in [3.8, 4) is 0 Å². The molecule has 0 aromatic heterocycles. The molecule has 1 aromatic carbocycles. The lowest BCUT2D eigenvalue weighted by Crippen LogP contribution is -2.36. The van der Waals surface area contributed by atoms with Gasteiger partial charge < -0.3 is 15.7 Å². The normalized spacial score (nSPS) is 9.76. The molecule has 0 spiro atoms. The van der Waals surface area contributed by atoms with Crippen LogP contribution in [0, 0.1) is 0 Å². The van der Waals surface area contributed by atoms with Crippen molar-refractivity contribution < 1.29 is 14.7 Å². The van der Waals surface area contributed by atoms with Crippen LogP contribution < -0.4 is 10.6 Å². The Balaban J connectivity index is 2.49. The van der Waals surface area contributed by atoms with Crippen LogP contribution in [0.1, 0.15) is 6.42 Å². The molecule has 0 bridgehead atoms. The number of rotatable bonds is 4. The number of para-hydroxylation sites is 1. The molecular formula is C11H13BrN2O3. The van der Waals surface area contributed by atoms with Crippen LogP contribution in [-0.4, -0.2) is 30.1 Å². The van der Waals surface area contributed by atoms with Crippen LogP contribution in [0.3, 0.4) is 0 Å². The molecule has 0 radical (unpaired) electrons. The monoisotopic (exact) mass is 300 g/mol. The Morgan fingerprint density at radius 3 is 2.59 bits per heavy atom. The molecule has 0 aliphatic carbocycles. The second-order valence-electron chi connectivity index (χ2n) is 3.27. The highest BCUT2D eigenvalue weighted by Crippen LogP contribution is 2.20. The van der Waals surface area contributed by atoms with E-state index in [1.165, 1.54) is 0 Å². The fraction of sp³-hybridized carbons (Fsp3) is 0.273. The van der Waals surface area contributed by atoms with Crippen LogP contribution in [0.25, 0.3) is 0 Å². The van der Waals surface area contributed by atoms with E-state index >= 15 is 0 Å². The maximum atomic E-state index is 11.5. The van der Waals surface area contributed by atoms with Crippen LogP contribution in [0.4, 0.5) is 5.69 Å². The maximum Gasteiger partial charge on any atom is 0.313 e. The molecule has 17 heavy (non-hydrogen) atoms. The van der Waals surface area contributed by atoms with E-state index in [4.69, 9.17) is 5.11 Å². The Kier molecular flexibility index (Phi) is 5.65. The number of carbonyl (C=O) groups excluding carboxylic acids is 2. The summed E-state index contributed by atoms with van der Waals surface area (Å²) in [7, 11) is 0. The first-order chi connectivity index (χ1) is 8.15. The Bertz CT molecular complexity index is 409. The molecule has 0 atom stereocenters. The van der Waals surface area contributed by atoms with Gasteiger partial charge >= 0.3 is 11.8 Å². The van der Waals surface area contributed by atoms with Crippen molar-refractivity contribution in [3.63, 3.8) is 0 Å². The summed E-state index contributed by atoms with van der Waals surface area (Å²) in [5, 5.41) is 13.4. The lowest BCUT2D eigenvalue weighted by molar-refractivity contribution is -0.136. The molecule has 0 heterocycles. The smallest absolute Gasteiger partial charge is 0.313 e. The predicted molar refractivity (Wildman–Crippen MR) is 67.5 cm³/mol. The van der Waals surface area contributed by atoms with Crippen LogP contribution in [-0.2, 0) is 9.59 Å². The number of aliphatic hydroxyl groups excluding tert-OH is 1. The largest absolute Gasteiger partial charge is 0.396 e. The first-order valence-electron chi connectivity index (χ1n) is 5.09. The van der Waals surface area contributed by atoms with Gasteiger partial charge in [-0.15, -0.1) is 0 Å². The van der Waals surface area contributed by atoms with E-state index in [2.05, 4.69) is 26.6 Å². The minimum absolute atomic E-state index is 0.0217. The molecule has 1 aromatic rings. The number of hydrogen-bond acceptors (Lipinski definition) is 3. The third kappa shape index (κ3) is 4.54. The fourth-order valence-electron chi connectivity index (χ4n) is 1.10. The number of nitrogens with one attached hydrogen (secondary N) is 2. The molecule has 0 aliphatic heterocycles. The number of benzene rings is 1. The van der Waals surface area contributed by atoms with E-state index in [9.17, 15) is 9.59 Å². The van der Waals surface area contributed by atoms with Gasteiger partial charge in [0, 0.05) is 17.6 Å². The van der Waals surface area contributed by atoms with E-state index in [0.29, 0.717) is 16.6 Å². The minimum Gasteiger partial charge on any atom is -0.396 e. The topological polar surface area (TPSA) is 78.4 Å². The Morgan fingerprint density at radius 1 is 1.24 bits per heavy atom. The summed E-state index contributed by atoms with van der Waals surface area (Å²) in [6, 6.07) is 7.01. The van der Waals surface area contributed by atoms with Gasteiger partial charge in [0.15, 0.2) is 0 Å². The molecule has 3 N–H and O–H groups in total. The van der Waals surface area contributed by atoms with Gasteiger partial charge in [0.05, 0.1) is 5.69 Å². The van der Waals surface area contributed by atoms with E-state index in [1.54, 1.807) is 24.3 Å². The molecular weight excluding hydrogens is 288 g/mol. The number of halogens is 1. The van der Waals surface area contributed by atoms with E-state index in [0.717, 1.165) is 0 Å². The molecule has 0 saturated heterocycles. The van der Waals surface area contributed by atoms with Crippen LogP contribution in [0.5, 0.6) is 0 Å². The van der Waals surface area contributed by atoms with E-state index in [1.807, 2.05) is 0 Å². The fourth-order valence-corrected chi connectivity index (χ4v) is 1.49. The van der Waals surface area contributed by atoms with Gasteiger partial charge in [-0.1, -0.05) is 12.1 Å². The Hall–Kier alpha value is -1.40. The Labute approximate surface area is 107 Å². The zero-order valence-electron chi connectivity index (χ0n) is 9.07. The lowest BCUT2D eigenvalue weighted by Gasteiger charge is -2.07. The van der Waals surface area contributed by atoms with Gasteiger partial charge in [0.25, 0.3) is 0 Å². The highest BCUT2D eigenvalue weighted by atomic mass is 79.9. The number of anilines is 1. The summed E-state index contributed by atoms with van der Waals surface area (Å²) in [5.74, 6) is -1.44. The average molecular weight is 301 g/mol. The standard InChI is InChI=1S/C11H13BrN2O3/c12-8-4-1-2-5-9(8)14-11(17)10(16)13-6-3-7-15/h1-2,4-5,15H,3,6-7H2,(H,13,16)(H,14,17). The lowest BCUT2D eigenvalue weighted by atomic mass is 10.3. The van der Waals surface area contributed by atoms with Gasteiger partial charge in [-0.05, 0) is 34.5 Å². The third-order valence-electron chi connectivity index (χ3n) is 1.95. The van der Waals surface area contributed by atoms with Gasteiger partial charge in [-0.25, -0.2) is 0 Å². The van der Waals surface area contributed by atoms with Crippen molar-refractivity contribution >= 4 is 33.4 Å². The second-order valence-corrected chi connectivity index (χ2v) is 4.12. The van der Waals surface area contributed by atoms with Crippen molar-refractivity contribution in [2.45, 2.75) is 6.42 Å². The van der Waals surface area contributed by atoms with Gasteiger partial charge in [-0.2, -0.15) is 0 Å². The number of amides is 2. The highest BCUT2D eigenvalue weighted by Gasteiger charge is 2.13. The molecule has 1 rings (SSSR count). The van der Waals surface area contributed by atoms with Crippen molar-refractivity contribution in [1.82, 2.24) is 5.32 Å². The van der Waals surface area contributed by atoms with E-state index < -0.39 is 11.8 Å². The molecule has 0 saturated carbocycles. The van der Waals surface area contributed by atoms with Gasteiger partial charge in [0.2, 0.25) is 0 Å². The minimum atomic E-state index is -0.727. The summed E-state index contributed by atoms with van der Waals surface area (Å²) >= 11 is 3.26. The molecule has 92 valence electrons. The van der Waals surface area contributed by atoms with Crippen molar-refractivity contribution in [2.24, 2.45) is 0 Å². The summed E-state index contributed by atoms with van der Waals surface area (Å²) in [4.78, 5) is 22.8. The quantitative estimate of drug-likeness (QED) is 0.571. The maximum absolute atomic E-state index is 11.5. The molecule has 2 amide bonds. The van der Waals surface area contributed by atoms with Crippen molar-refractivity contribution in [3.05, 3.63) is 28.7 Å². The zero-order valence-corrected chi connectivity index (χ0v) is 10.7. The first-order valence-corrected chi connectivity index (χ1v) is 5.89. The SMILES string of the molecule is O=C(NCCCO)C(=O)Nc1ccccc1Br. The summed E-state index contributed by atoms with van der Waals surface area (Å²) in [6.45, 7) is 0.255. The van der Waals surface area contributed by atoms with Crippen molar-refractivity contribution in [1.29, 1.82) is 0 Å². The van der Waals surface area contributed by atoms with Crippen LogP contribution in [0.15, 0.2) is 28.7 Å².